The molecule has 0 atom stereocenters. The second-order valence-electron chi connectivity index (χ2n) is 5.23. The van der Waals surface area contributed by atoms with Gasteiger partial charge >= 0.3 is 0 Å². The van der Waals surface area contributed by atoms with Gasteiger partial charge in [0.2, 0.25) is 5.92 Å². The Hall–Kier alpha value is -2.33. The van der Waals surface area contributed by atoms with Gasteiger partial charge in [-0.2, -0.15) is 5.26 Å². The topological polar surface area (TPSA) is 53.2 Å². The molecule has 0 aliphatic carbocycles. The highest BCUT2D eigenvalue weighted by Gasteiger charge is 2.27. The van der Waals surface area contributed by atoms with Gasteiger partial charge in [0, 0.05) is 22.9 Å². The molecule has 2 aromatic carbocycles. The predicted octanol–water partition coefficient (Wildman–Crippen LogP) is 5.11. The van der Waals surface area contributed by atoms with Crippen LogP contribution in [0.5, 0.6) is 17.2 Å². The van der Waals surface area contributed by atoms with Gasteiger partial charge in [-0.3, -0.25) is 0 Å². The summed E-state index contributed by atoms with van der Waals surface area (Å²) in [6.07, 6.45) is 0.970. The first-order valence-electron chi connectivity index (χ1n) is 6.88. The number of nitrogens with zero attached hydrogens (tertiary/aromatic N) is 1. The summed E-state index contributed by atoms with van der Waals surface area (Å²) in [4.78, 5) is 0.429. The number of rotatable bonds is 5. The maximum atomic E-state index is 13.5. The van der Waals surface area contributed by atoms with Gasteiger partial charge in [0.15, 0.2) is 0 Å². The quantitative estimate of drug-likeness (QED) is 0.759. The molecule has 0 amide bonds. The molecule has 0 fully saturated rings. The van der Waals surface area contributed by atoms with Crippen molar-refractivity contribution in [1.29, 1.82) is 5.26 Å². The van der Waals surface area contributed by atoms with Crippen molar-refractivity contribution >= 4 is 11.8 Å². The van der Waals surface area contributed by atoms with Crippen LogP contribution in [0.4, 0.5) is 13.2 Å². The molecule has 0 unspecified atom stereocenters. The van der Waals surface area contributed by atoms with Crippen molar-refractivity contribution in [2.45, 2.75) is 24.2 Å². The Morgan fingerprint density at radius 3 is 2.58 bits per heavy atom. The lowest BCUT2D eigenvalue weighted by Gasteiger charge is -2.18. The van der Waals surface area contributed by atoms with Gasteiger partial charge < -0.3 is 9.84 Å². The normalized spacial score (nSPS) is 11.2. The van der Waals surface area contributed by atoms with E-state index in [1.54, 1.807) is 12.3 Å². The van der Waals surface area contributed by atoms with E-state index in [1.807, 2.05) is 0 Å². The van der Waals surface area contributed by atoms with Crippen LogP contribution in [0.2, 0.25) is 0 Å². The van der Waals surface area contributed by atoms with E-state index in [-0.39, 0.29) is 28.4 Å². The molecule has 0 saturated carbocycles. The Labute approximate surface area is 141 Å². The molecule has 0 saturated heterocycles. The molecule has 0 bridgehead atoms. The third-order valence-corrected chi connectivity index (χ3v) is 3.91. The Kier molecular flexibility index (Phi) is 5.30. The first-order chi connectivity index (χ1) is 11.2. The second kappa shape index (κ2) is 7.05. The summed E-state index contributed by atoms with van der Waals surface area (Å²) in [7, 11) is 0. The van der Waals surface area contributed by atoms with Gasteiger partial charge in [-0.15, -0.1) is 11.8 Å². The van der Waals surface area contributed by atoms with Crippen LogP contribution in [-0.4, -0.2) is 17.3 Å². The summed E-state index contributed by atoms with van der Waals surface area (Å²) < 4.78 is 45.8. The fourth-order valence-electron chi connectivity index (χ4n) is 2.15. The fraction of sp³-hybridized carbons (Fsp3) is 0.235. The van der Waals surface area contributed by atoms with Crippen LogP contribution in [0.15, 0.2) is 35.2 Å². The highest BCUT2D eigenvalue weighted by Crippen LogP contribution is 2.40. The van der Waals surface area contributed by atoms with Gasteiger partial charge in [0.1, 0.15) is 23.1 Å². The molecule has 0 radical (unpaired) electrons. The van der Waals surface area contributed by atoms with Gasteiger partial charge in [-0.05, 0) is 37.4 Å². The predicted molar refractivity (Wildman–Crippen MR) is 85.4 cm³/mol. The zero-order valence-electron chi connectivity index (χ0n) is 12.9. The monoisotopic (exact) mass is 353 g/mol. The summed E-state index contributed by atoms with van der Waals surface area (Å²) >= 11 is 1.21. The number of hydrogen-bond acceptors (Lipinski definition) is 4. The average Bonchev–Trinajstić information content (AvgIpc) is 2.49. The standard InChI is InChI=1S/C17H14F3NO2S/c1-17(19,20)8-13-14(3-4-15(24-2)16(13)22)23-12-6-10(9-21)5-11(18)7-12/h3-7,22H,8H2,1-2H3. The van der Waals surface area contributed by atoms with Crippen LogP contribution in [0.25, 0.3) is 0 Å². The van der Waals surface area contributed by atoms with E-state index in [0.717, 1.165) is 19.1 Å². The molecule has 2 rings (SSSR count). The molecule has 0 aliphatic rings. The number of halogens is 3. The third kappa shape index (κ3) is 4.36. The Morgan fingerprint density at radius 1 is 1.29 bits per heavy atom. The zero-order valence-corrected chi connectivity index (χ0v) is 13.8. The average molecular weight is 353 g/mol. The van der Waals surface area contributed by atoms with Crippen LogP contribution >= 0.6 is 11.8 Å². The largest absolute Gasteiger partial charge is 0.506 e. The molecule has 0 heterocycles. The first kappa shape index (κ1) is 18.0. The number of hydrogen-bond donors (Lipinski definition) is 1. The van der Waals surface area contributed by atoms with E-state index in [1.165, 1.54) is 30.0 Å². The van der Waals surface area contributed by atoms with Gasteiger partial charge in [-0.1, -0.05) is 0 Å². The number of thioether (sulfide) groups is 1. The fourth-order valence-corrected chi connectivity index (χ4v) is 2.67. The molecule has 7 heteroatoms. The minimum atomic E-state index is -3.06. The summed E-state index contributed by atoms with van der Waals surface area (Å²) in [6.45, 7) is 0.734. The minimum Gasteiger partial charge on any atom is -0.506 e. The summed E-state index contributed by atoms with van der Waals surface area (Å²) in [5.74, 6) is -4.06. The van der Waals surface area contributed by atoms with Crippen LogP contribution in [0.1, 0.15) is 18.1 Å². The van der Waals surface area contributed by atoms with Crippen molar-refractivity contribution in [3.63, 3.8) is 0 Å². The summed E-state index contributed by atoms with van der Waals surface area (Å²) in [5, 5.41) is 19.1. The lowest BCUT2D eigenvalue weighted by Crippen LogP contribution is -2.14. The lowest BCUT2D eigenvalue weighted by atomic mass is 10.1. The van der Waals surface area contributed by atoms with Crippen molar-refractivity contribution in [2.75, 3.05) is 6.26 Å². The molecular formula is C17H14F3NO2S. The first-order valence-corrected chi connectivity index (χ1v) is 8.11. The van der Waals surface area contributed by atoms with Gasteiger partial charge in [-0.25, -0.2) is 13.2 Å². The lowest BCUT2D eigenvalue weighted by molar-refractivity contribution is 0.0214. The molecule has 126 valence electrons. The molecule has 0 aliphatic heterocycles. The van der Waals surface area contributed by atoms with Crippen molar-refractivity contribution in [3.8, 4) is 23.3 Å². The number of benzene rings is 2. The molecule has 2 aromatic rings. The molecule has 3 nitrogen and oxygen atoms in total. The highest BCUT2D eigenvalue weighted by atomic mass is 32.2. The Balaban J connectivity index is 2.48. The molecule has 24 heavy (non-hydrogen) atoms. The maximum absolute atomic E-state index is 13.5. The zero-order chi connectivity index (χ0) is 17.9. The maximum Gasteiger partial charge on any atom is 0.249 e. The van der Waals surface area contributed by atoms with Crippen molar-refractivity contribution in [1.82, 2.24) is 0 Å². The van der Waals surface area contributed by atoms with E-state index in [9.17, 15) is 18.3 Å². The molecular weight excluding hydrogens is 339 g/mol. The molecule has 1 N–H and O–H groups in total. The number of nitriles is 1. The van der Waals surface area contributed by atoms with Gasteiger partial charge in [0.05, 0.1) is 11.6 Å². The van der Waals surface area contributed by atoms with Crippen molar-refractivity contribution in [3.05, 3.63) is 47.3 Å². The second-order valence-corrected chi connectivity index (χ2v) is 6.08. The Bertz CT molecular complexity index is 798. The van der Waals surface area contributed by atoms with E-state index >= 15 is 0 Å². The number of phenolic OH excluding ortho intramolecular Hbond substituents is 1. The van der Waals surface area contributed by atoms with Crippen molar-refractivity contribution < 1.29 is 23.0 Å². The van der Waals surface area contributed by atoms with Crippen LogP contribution < -0.4 is 4.74 Å². The van der Waals surface area contributed by atoms with Crippen LogP contribution in [-0.2, 0) is 6.42 Å². The molecule has 0 aromatic heterocycles. The van der Waals surface area contributed by atoms with Crippen LogP contribution in [0.3, 0.4) is 0 Å². The van der Waals surface area contributed by atoms with Gasteiger partial charge in [0.25, 0.3) is 0 Å². The number of ether oxygens (including phenoxy) is 1. The van der Waals surface area contributed by atoms with E-state index in [0.29, 0.717) is 4.90 Å². The van der Waals surface area contributed by atoms with Crippen molar-refractivity contribution in [2.24, 2.45) is 0 Å². The number of alkyl halides is 2. The van der Waals surface area contributed by atoms with E-state index in [4.69, 9.17) is 10.00 Å². The van der Waals surface area contributed by atoms with E-state index in [2.05, 4.69) is 0 Å². The SMILES string of the molecule is CSc1ccc(Oc2cc(F)cc(C#N)c2)c(CC(C)(F)F)c1O. The summed E-state index contributed by atoms with van der Waals surface area (Å²) in [5.41, 5.74) is -0.0329. The van der Waals surface area contributed by atoms with Crippen LogP contribution in [0, 0.1) is 17.1 Å². The highest BCUT2D eigenvalue weighted by molar-refractivity contribution is 7.98. The minimum absolute atomic E-state index is 0.0106. The smallest absolute Gasteiger partial charge is 0.249 e. The Morgan fingerprint density at radius 2 is 2.00 bits per heavy atom. The summed E-state index contributed by atoms with van der Waals surface area (Å²) in [6, 6.07) is 8.10. The number of aromatic hydroxyl groups is 1. The number of phenols is 1. The third-order valence-electron chi connectivity index (χ3n) is 3.14. The van der Waals surface area contributed by atoms with E-state index < -0.39 is 18.2 Å². The molecule has 0 spiro atoms.